The number of hydrogen-bond acceptors (Lipinski definition) is 3. The van der Waals surface area contributed by atoms with E-state index in [0.29, 0.717) is 12.0 Å². The van der Waals surface area contributed by atoms with Gasteiger partial charge in [0.2, 0.25) is 5.91 Å². The molecular formula is C18H26N2O2. The lowest BCUT2D eigenvalue weighted by Crippen LogP contribution is -2.44. The minimum atomic E-state index is 0.0947. The highest BCUT2D eigenvalue weighted by atomic mass is 16.5. The second-order valence-electron chi connectivity index (χ2n) is 6.48. The summed E-state index contributed by atoms with van der Waals surface area (Å²) in [4.78, 5) is 13.6. The SMILES string of the molecule is CC(=O)NC1CCN(CCC2CCOc3ccccc32)CC1. The molecule has 0 aromatic heterocycles. The lowest BCUT2D eigenvalue weighted by Gasteiger charge is -2.34. The molecule has 1 saturated heterocycles. The summed E-state index contributed by atoms with van der Waals surface area (Å²) in [6.45, 7) is 5.78. The van der Waals surface area contributed by atoms with E-state index in [1.807, 2.05) is 6.07 Å². The average Bonchev–Trinajstić information content (AvgIpc) is 2.54. The van der Waals surface area contributed by atoms with Crippen LogP contribution in [0.2, 0.25) is 0 Å². The van der Waals surface area contributed by atoms with E-state index >= 15 is 0 Å². The summed E-state index contributed by atoms with van der Waals surface area (Å²) in [5.41, 5.74) is 1.38. The molecule has 2 aliphatic heterocycles. The fourth-order valence-electron chi connectivity index (χ4n) is 3.64. The maximum atomic E-state index is 11.1. The molecule has 1 aromatic carbocycles. The van der Waals surface area contributed by atoms with Crippen LogP contribution >= 0.6 is 0 Å². The van der Waals surface area contributed by atoms with E-state index in [4.69, 9.17) is 4.74 Å². The Bertz CT molecular complexity index is 510. The van der Waals surface area contributed by atoms with E-state index in [2.05, 4.69) is 28.4 Å². The number of fused-ring (bicyclic) bond motifs is 1. The summed E-state index contributed by atoms with van der Waals surface area (Å²) >= 11 is 0. The Balaban J connectivity index is 1.47. The normalized spacial score (nSPS) is 22.7. The molecule has 2 aliphatic rings. The van der Waals surface area contributed by atoms with Crippen molar-refractivity contribution in [1.82, 2.24) is 10.2 Å². The Morgan fingerprint density at radius 1 is 1.27 bits per heavy atom. The molecule has 1 unspecified atom stereocenters. The number of hydrogen-bond donors (Lipinski definition) is 1. The maximum absolute atomic E-state index is 11.1. The number of amides is 1. The molecule has 0 radical (unpaired) electrons. The molecule has 1 aromatic rings. The first-order valence-electron chi connectivity index (χ1n) is 8.43. The van der Waals surface area contributed by atoms with E-state index in [9.17, 15) is 4.79 Å². The molecule has 0 saturated carbocycles. The zero-order chi connectivity index (χ0) is 15.4. The quantitative estimate of drug-likeness (QED) is 0.929. The van der Waals surface area contributed by atoms with Gasteiger partial charge in [0.25, 0.3) is 0 Å². The third kappa shape index (κ3) is 3.80. The first-order chi connectivity index (χ1) is 10.7. The fourth-order valence-corrected chi connectivity index (χ4v) is 3.64. The molecule has 0 spiro atoms. The molecule has 120 valence electrons. The van der Waals surface area contributed by atoms with Crippen molar-refractivity contribution in [2.45, 2.75) is 44.6 Å². The van der Waals surface area contributed by atoms with Crippen LogP contribution in [0.1, 0.15) is 44.1 Å². The number of ether oxygens (including phenoxy) is 1. The van der Waals surface area contributed by atoms with Gasteiger partial charge in [-0.1, -0.05) is 18.2 Å². The Hall–Kier alpha value is -1.55. The van der Waals surface area contributed by atoms with Crippen LogP contribution in [0.4, 0.5) is 0 Å². The number of rotatable bonds is 4. The van der Waals surface area contributed by atoms with E-state index in [1.165, 1.54) is 12.0 Å². The molecule has 1 N–H and O–H groups in total. The van der Waals surface area contributed by atoms with Crippen molar-refractivity contribution in [3.05, 3.63) is 29.8 Å². The smallest absolute Gasteiger partial charge is 0.217 e. The van der Waals surface area contributed by atoms with E-state index in [-0.39, 0.29) is 5.91 Å². The van der Waals surface area contributed by atoms with Gasteiger partial charge in [-0.3, -0.25) is 4.79 Å². The van der Waals surface area contributed by atoms with Gasteiger partial charge < -0.3 is 15.0 Å². The lowest BCUT2D eigenvalue weighted by molar-refractivity contribution is -0.119. The zero-order valence-corrected chi connectivity index (χ0v) is 13.4. The molecule has 3 rings (SSSR count). The van der Waals surface area contributed by atoms with E-state index in [0.717, 1.165) is 51.3 Å². The Morgan fingerprint density at radius 3 is 2.82 bits per heavy atom. The van der Waals surface area contributed by atoms with Crippen LogP contribution in [0.3, 0.4) is 0 Å². The highest BCUT2D eigenvalue weighted by Gasteiger charge is 2.23. The highest BCUT2D eigenvalue weighted by Crippen LogP contribution is 2.35. The van der Waals surface area contributed by atoms with Crippen molar-refractivity contribution in [3.8, 4) is 5.75 Å². The second-order valence-corrected chi connectivity index (χ2v) is 6.48. The van der Waals surface area contributed by atoms with Crippen LogP contribution in [0.25, 0.3) is 0 Å². The Morgan fingerprint density at radius 2 is 2.05 bits per heavy atom. The predicted molar refractivity (Wildman–Crippen MR) is 87.2 cm³/mol. The number of para-hydroxylation sites is 1. The summed E-state index contributed by atoms with van der Waals surface area (Å²) in [5.74, 6) is 1.79. The minimum absolute atomic E-state index is 0.0947. The molecule has 1 fully saturated rings. The van der Waals surface area contributed by atoms with Crippen molar-refractivity contribution < 1.29 is 9.53 Å². The van der Waals surface area contributed by atoms with Crippen LogP contribution in [0.5, 0.6) is 5.75 Å². The molecule has 0 bridgehead atoms. The van der Waals surface area contributed by atoms with Gasteiger partial charge in [-0.15, -0.1) is 0 Å². The summed E-state index contributed by atoms with van der Waals surface area (Å²) in [6, 6.07) is 8.83. The number of piperidine rings is 1. The van der Waals surface area contributed by atoms with Crippen molar-refractivity contribution in [2.75, 3.05) is 26.2 Å². The van der Waals surface area contributed by atoms with E-state index < -0.39 is 0 Å². The number of benzene rings is 1. The second kappa shape index (κ2) is 7.14. The molecule has 0 aliphatic carbocycles. The fraction of sp³-hybridized carbons (Fsp3) is 0.611. The molecule has 4 nitrogen and oxygen atoms in total. The van der Waals surface area contributed by atoms with E-state index in [1.54, 1.807) is 6.92 Å². The number of carbonyl (C=O) groups is 1. The van der Waals surface area contributed by atoms with Gasteiger partial charge in [0.1, 0.15) is 5.75 Å². The van der Waals surface area contributed by atoms with Crippen molar-refractivity contribution in [3.63, 3.8) is 0 Å². The van der Waals surface area contributed by atoms with Crippen molar-refractivity contribution in [1.29, 1.82) is 0 Å². The van der Waals surface area contributed by atoms with Crippen LogP contribution in [0.15, 0.2) is 24.3 Å². The topological polar surface area (TPSA) is 41.6 Å². The van der Waals surface area contributed by atoms with Crippen LogP contribution in [0, 0.1) is 0 Å². The molecule has 2 heterocycles. The van der Waals surface area contributed by atoms with Gasteiger partial charge >= 0.3 is 0 Å². The van der Waals surface area contributed by atoms with Gasteiger partial charge in [-0.25, -0.2) is 0 Å². The van der Waals surface area contributed by atoms with Gasteiger partial charge in [-0.05, 0) is 49.8 Å². The largest absolute Gasteiger partial charge is 0.493 e. The summed E-state index contributed by atoms with van der Waals surface area (Å²) in [6.07, 6.45) is 4.47. The minimum Gasteiger partial charge on any atom is -0.493 e. The van der Waals surface area contributed by atoms with Crippen LogP contribution in [-0.2, 0) is 4.79 Å². The van der Waals surface area contributed by atoms with Gasteiger partial charge in [0.05, 0.1) is 6.61 Å². The average molecular weight is 302 g/mol. The maximum Gasteiger partial charge on any atom is 0.217 e. The van der Waals surface area contributed by atoms with Crippen molar-refractivity contribution >= 4 is 5.91 Å². The predicted octanol–water partition coefficient (Wildman–Crippen LogP) is 2.54. The summed E-state index contributed by atoms with van der Waals surface area (Å²) < 4.78 is 5.74. The van der Waals surface area contributed by atoms with Gasteiger partial charge in [0.15, 0.2) is 0 Å². The lowest BCUT2D eigenvalue weighted by atomic mass is 9.90. The van der Waals surface area contributed by atoms with Gasteiger partial charge in [-0.2, -0.15) is 0 Å². The number of carbonyl (C=O) groups excluding carboxylic acids is 1. The molecule has 1 amide bonds. The van der Waals surface area contributed by atoms with Gasteiger partial charge in [0, 0.05) is 26.1 Å². The zero-order valence-electron chi connectivity index (χ0n) is 13.4. The standard InChI is InChI=1S/C18H26N2O2/c1-14(21)19-16-7-11-20(12-8-16)10-6-15-9-13-22-18-5-3-2-4-17(15)18/h2-5,15-16H,6-13H2,1H3,(H,19,21). The Kier molecular flexibility index (Phi) is 4.98. The molecule has 4 heteroatoms. The third-order valence-electron chi connectivity index (χ3n) is 4.87. The monoisotopic (exact) mass is 302 g/mol. The summed E-state index contributed by atoms with van der Waals surface area (Å²) in [5, 5.41) is 3.04. The summed E-state index contributed by atoms with van der Waals surface area (Å²) in [7, 11) is 0. The molecular weight excluding hydrogens is 276 g/mol. The number of likely N-dealkylation sites (tertiary alicyclic amines) is 1. The van der Waals surface area contributed by atoms with Crippen LogP contribution < -0.4 is 10.1 Å². The first-order valence-corrected chi connectivity index (χ1v) is 8.43. The first kappa shape index (κ1) is 15.3. The number of nitrogens with zero attached hydrogens (tertiary/aromatic N) is 1. The third-order valence-corrected chi connectivity index (χ3v) is 4.87. The molecule has 1 atom stereocenters. The Labute approximate surface area is 132 Å². The highest BCUT2D eigenvalue weighted by molar-refractivity contribution is 5.73. The number of nitrogens with one attached hydrogen (secondary N) is 1. The molecule has 22 heavy (non-hydrogen) atoms. The van der Waals surface area contributed by atoms with Crippen LogP contribution in [-0.4, -0.2) is 43.1 Å². The van der Waals surface area contributed by atoms with Crippen molar-refractivity contribution in [2.24, 2.45) is 0 Å².